The number of nitrogens with one attached hydrogen (secondary N) is 1. The average molecular weight is 528 g/mol. The van der Waals surface area contributed by atoms with E-state index >= 15 is 0 Å². The van der Waals surface area contributed by atoms with Gasteiger partial charge in [-0.1, -0.05) is 12.1 Å². The number of carbonyl (C=O) groups excluding carboxylic acids is 1. The predicted octanol–water partition coefficient (Wildman–Crippen LogP) is 5.01. The Morgan fingerprint density at radius 2 is 1.74 bits per heavy atom. The maximum atomic E-state index is 12.0. The normalized spacial score (nSPS) is 9.82. The molecular formula is C25H33Cl3N4O2. The summed E-state index contributed by atoms with van der Waals surface area (Å²) in [5.74, 6) is 0.645. The fourth-order valence-corrected chi connectivity index (χ4v) is 3.32. The highest BCUT2D eigenvalue weighted by Crippen LogP contribution is 2.14. The molecule has 0 saturated heterocycles. The van der Waals surface area contributed by atoms with E-state index in [1.54, 1.807) is 18.3 Å². The summed E-state index contributed by atoms with van der Waals surface area (Å²) in [4.78, 5) is 22.7. The predicted molar refractivity (Wildman–Crippen MR) is 144 cm³/mol. The van der Waals surface area contributed by atoms with Crippen LogP contribution in [-0.4, -0.2) is 47.0 Å². The van der Waals surface area contributed by atoms with E-state index in [1.807, 2.05) is 43.7 Å². The van der Waals surface area contributed by atoms with Crippen LogP contribution in [0.5, 0.6) is 5.75 Å². The largest absolute Gasteiger partial charge is 0.494 e. The van der Waals surface area contributed by atoms with Crippen LogP contribution in [0.4, 0.5) is 0 Å². The molecule has 0 aliphatic heterocycles. The van der Waals surface area contributed by atoms with E-state index in [0.717, 1.165) is 38.2 Å². The van der Waals surface area contributed by atoms with Gasteiger partial charge in [0.2, 0.25) is 0 Å². The number of amides is 1. The van der Waals surface area contributed by atoms with Crippen molar-refractivity contribution in [2.75, 3.05) is 26.2 Å². The van der Waals surface area contributed by atoms with Crippen molar-refractivity contribution >= 4 is 43.1 Å². The van der Waals surface area contributed by atoms with Crippen molar-refractivity contribution in [3.63, 3.8) is 0 Å². The van der Waals surface area contributed by atoms with E-state index in [-0.39, 0.29) is 43.1 Å². The van der Waals surface area contributed by atoms with Gasteiger partial charge in [-0.25, -0.2) is 0 Å². The second kappa shape index (κ2) is 18.0. The second-order valence-corrected chi connectivity index (χ2v) is 7.33. The molecule has 0 atom stereocenters. The number of halogens is 3. The van der Waals surface area contributed by atoms with Gasteiger partial charge in [0.25, 0.3) is 5.91 Å². The maximum absolute atomic E-state index is 12.0. The molecule has 1 N–H and O–H groups in total. The van der Waals surface area contributed by atoms with E-state index in [4.69, 9.17) is 4.74 Å². The van der Waals surface area contributed by atoms with Crippen LogP contribution in [0.25, 0.3) is 0 Å². The highest BCUT2D eigenvalue weighted by molar-refractivity contribution is 5.94. The summed E-state index contributed by atoms with van der Waals surface area (Å²) in [7, 11) is 0. The Balaban J connectivity index is 0.00000363. The molecule has 2 aromatic heterocycles. The van der Waals surface area contributed by atoms with Crippen molar-refractivity contribution in [1.29, 1.82) is 0 Å². The highest BCUT2D eigenvalue weighted by Gasteiger charge is 2.08. The zero-order valence-electron chi connectivity index (χ0n) is 19.3. The van der Waals surface area contributed by atoms with Gasteiger partial charge in [-0.05, 0) is 67.3 Å². The maximum Gasteiger partial charge on any atom is 0.251 e. The average Bonchev–Trinajstić information content (AvgIpc) is 2.82. The van der Waals surface area contributed by atoms with Gasteiger partial charge in [0.1, 0.15) is 5.75 Å². The fraction of sp³-hybridized carbons (Fsp3) is 0.320. The minimum Gasteiger partial charge on any atom is -0.494 e. The summed E-state index contributed by atoms with van der Waals surface area (Å²) in [6, 6.07) is 15.5. The topological polar surface area (TPSA) is 67.3 Å². The third-order valence-electron chi connectivity index (χ3n) is 4.92. The van der Waals surface area contributed by atoms with Crippen LogP contribution in [0.3, 0.4) is 0 Å². The van der Waals surface area contributed by atoms with Gasteiger partial charge < -0.3 is 10.1 Å². The van der Waals surface area contributed by atoms with Gasteiger partial charge in [-0.2, -0.15) is 0 Å². The zero-order chi connectivity index (χ0) is 21.7. The molecule has 3 rings (SSSR count). The van der Waals surface area contributed by atoms with Gasteiger partial charge in [0.05, 0.1) is 6.61 Å². The van der Waals surface area contributed by atoms with Crippen molar-refractivity contribution in [2.24, 2.45) is 0 Å². The van der Waals surface area contributed by atoms with Crippen molar-refractivity contribution < 1.29 is 9.53 Å². The standard InChI is InChI=1S/C25H30N4O2.3ClH/c1-2-28-25(30)23-7-3-8-24(18-23)31-17-5-15-29(20-22-9-13-26-14-10-22)16-11-21-6-4-12-27-19-21;;;/h3-4,6-10,12-14,18-19H,2,5,11,15-17,20H2,1H3,(H,28,30);3*1H. The Bertz CT molecular complexity index is 934. The van der Waals surface area contributed by atoms with Crippen LogP contribution in [0, 0.1) is 0 Å². The Hall–Kier alpha value is -2.38. The van der Waals surface area contributed by atoms with Gasteiger partial charge in [0.15, 0.2) is 0 Å². The minimum atomic E-state index is -0.0770. The molecule has 1 aromatic carbocycles. The minimum absolute atomic E-state index is 0. The van der Waals surface area contributed by atoms with Crippen molar-refractivity contribution in [1.82, 2.24) is 20.2 Å². The monoisotopic (exact) mass is 526 g/mol. The lowest BCUT2D eigenvalue weighted by Gasteiger charge is -2.22. The molecular weight excluding hydrogens is 495 g/mol. The molecule has 0 aliphatic carbocycles. The lowest BCUT2D eigenvalue weighted by molar-refractivity contribution is 0.0955. The number of benzene rings is 1. The van der Waals surface area contributed by atoms with E-state index in [9.17, 15) is 4.79 Å². The Kier molecular flexibility index (Phi) is 16.8. The first-order valence-corrected chi connectivity index (χ1v) is 10.8. The SMILES string of the molecule is CCNC(=O)c1cccc(OCCCN(CCc2cccnc2)Cc2ccncc2)c1.Cl.Cl.Cl. The number of pyridine rings is 2. The first-order chi connectivity index (χ1) is 15.2. The molecule has 1 amide bonds. The molecule has 3 aromatic rings. The molecule has 34 heavy (non-hydrogen) atoms. The van der Waals surface area contributed by atoms with Gasteiger partial charge in [0, 0.05) is 56.5 Å². The molecule has 6 nitrogen and oxygen atoms in total. The summed E-state index contributed by atoms with van der Waals surface area (Å²) in [6.07, 6.45) is 9.24. The van der Waals surface area contributed by atoms with Gasteiger partial charge in [-0.15, -0.1) is 37.2 Å². The summed E-state index contributed by atoms with van der Waals surface area (Å²) in [6.45, 7) is 5.84. The quantitative estimate of drug-likeness (QED) is 0.336. The number of carbonyl (C=O) groups is 1. The van der Waals surface area contributed by atoms with Crippen molar-refractivity contribution in [2.45, 2.75) is 26.3 Å². The molecule has 0 aliphatic rings. The summed E-state index contributed by atoms with van der Waals surface area (Å²) in [5.41, 5.74) is 3.10. The number of ether oxygens (including phenoxy) is 1. The van der Waals surface area contributed by atoms with Crippen molar-refractivity contribution in [3.05, 3.63) is 90.0 Å². The van der Waals surface area contributed by atoms with Gasteiger partial charge >= 0.3 is 0 Å². The number of hydrogen-bond donors (Lipinski definition) is 1. The fourth-order valence-electron chi connectivity index (χ4n) is 3.32. The smallest absolute Gasteiger partial charge is 0.251 e. The lowest BCUT2D eigenvalue weighted by atomic mass is 10.2. The highest BCUT2D eigenvalue weighted by atomic mass is 35.5. The van der Waals surface area contributed by atoms with Crippen LogP contribution in [0.15, 0.2) is 73.3 Å². The first kappa shape index (κ1) is 31.6. The van der Waals surface area contributed by atoms with E-state index in [0.29, 0.717) is 18.7 Å². The molecule has 0 radical (unpaired) electrons. The Labute approximate surface area is 220 Å². The number of nitrogens with zero attached hydrogens (tertiary/aromatic N) is 3. The molecule has 0 spiro atoms. The Morgan fingerprint density at radius 3 is 2.44 bits per heavy atom. The van der Waals surface area contributed by atoms with Gasteiger partial charge in [-0.3, -0.25) is 19.7 Å². The first-order valence-electron chi connectivity index (χ1n) is 10.8. The molecule has 2 heterocycles. The van der Waals surface area contributed by atoms with Crippen LogP contribution in [0.2, 0.25) is 0 Å². The number of hydrogen-bond acceptors (Lipinski definition) is 5. The molecule has 9 heteroatoms. The Morgan fingerprint density at radius 1 is 0.941 bits per heavy atom. The third-order valence-corrected chi connectivity index (χ3v) is 4.92. The van der Waals surface area contributed by atoms with E-state index in [2.05, 4.69) is 38.4 Å². The molecule has 0 fully saturated rings. The van der Waals surface area contributed by atoms with E-state index in [1.165, 1.54) is 11.1 Å². The molecule has 0 unspecified atom stereocenters. The van der Waals surface area contributed by atoms with Crippen LogP contribution in [0.1, 0.15) is 34.8 Å². The second-order valence-electron chi connectivity index (χ2n) is 7.33. The number of aromatic nitrogens is 2. The molecule has 0 saturated carbocycles. The van der Waals surface area contributed by atoms with Crippen LogP contribution in [-0.2, 0) is 13.0 Å². The third kappa shape index (κ3) is 11.2. The molecule has 0 bridgehead atoms. The lowest BCUT2D eigenvalue weighted by Crippen LogP contribution is -2.28. The summed E-state index contributed by atoms with van der Waals surface area (Å²) < 4.78 is 5.91. The summed E-state index contributed by atoms with van der Waals surface area (Å²) in [5, 5.41) is 2.81. The zero-order valence-corrected chi connectivity index (χ0v) is 21.7. The molecule has 186 valence electrons. The summed E-state index contributed by atoms with van der Waals surface area (Å²) >= 11 is 0. The van der Waals surface area contributed by atoms with Crippen LogP contribution < -0.4 is 10.1 Å². The number of rotatable bonds is 12. The van der Waals surface area contributed by atoms with Crippen molar-refractivity contribution in [3.8, 4) is 5.75 Å². The van der Waals surface area contributed by atoms with Crippen LogP contribution >= 0.6 is 37.2 Å². The van der Waals surface area contributed by atoms with E-state index < -0.39 is 0 Å².